The third kappa shape index (κ3) is 2.89. The number of rotatable bonds is 3. The molecule has 0 aromatic rings. The SMILES string of the molecule is CCO[C@@]1(C)C2C[C@@](C)(C3C(=O)[C@@]4(O)O[C@@]31[C@](O)(CC)CCC1C4C(O)C=C3CC=CC(=O)[C@@]31C)[C@H](C)C(=O)O2. The Kier molecular flexibility index (Phi) is 5.89. The predicted molar refractivity (Wildman–Crippen MR) is 141 cm³/mol. The number of hydrogen-bond donors (Lipinski definition) is 3. The van der Waals surface area contributed by atoms with Gasteiger partial charge in [-0.05, 0) is 70.3 Å². The number of ether oxygens (including phenoxy) is 3. The van der Waals surface area contributed by atoms with E-state index in [2.05, 4.69) is 0 Å². The van der Waals surface area contributed by atoms with Gasteiger partial charge < -0.3 is 29.5 Å². The first-order chi connectivity index (χ1) is 18.6. The van der Waals surface area contributed by atoms with Crippen molar-refractivity contribution < 1.29 is 43.9 Å². The van der Waals surface area contributed by atoms with Gasteiger partial charge in [0.1, 0.15) is 17.3 Å². The maximum absolute atomic E-state index is 14.9. The highest BCUT2D eigenvalue weighted by Crippen LogP contribution is 2.71. The largest absolute Gasteiger partial charge is 0.459 e. The van der Waals surface area contributed by atoms with Crippen molar-refractivity contribution in [2.24, 2.45) is 34.5 Å². The van der Waals surface area contributed by atoms with Crippen LogP contribution in [0.5, 0.6) is 0 Å². The third-order valence-corrected chi connectivity index (χ3v) is 12.3. The number of carbonyl (C=O) groups is 3. The van der Waals surface area contributed by atoms with Crippen LogP contribution in [0, 0.1) is 34.5 Å². The smallest absolute Gasteiger partial charge is 0.309 e. The van der Waals surface area contributed by atoms with Gasteiger partial charge in [-0.3, -0.25) is 14.4 Å². The molecule has 1 saturated carbocycles. The average molecular weight is 559 g/mol. The molecule has 3 aliphatic heterocycles. The van der Waals surface area contributed by atoms with Gasteiger partial charge >= 0.3 is 5.97 Å². The second-order valence-electron chi connectivity index (χ2n) is 13.6. The lowest BCUT2D eigenvalue weighted by molar-refractivity contribution is -0.390. The number of carbonyl (C=O) groups excluding carboxylic acids is 3. The summed E-state index contributed by atoms with van der Waals surface area (Å²) in [5.41, 5.74) is -6.37. The lowest BCUT2D eigenvalue weighted by Crippen LogP contribution is -2.81. The van der Waals surface area contributed by atoms with Crippen LogP contribution in [0.15, 0.2) is 23.8 Å². The van der Waals surface area contributed by atoms with E-state index in [1.807, 2.05) is 13.8 Å². The Hall–Kier alpha value is -1.91. The molecule has 0 amide bonds. The van der Waals surface area contributed by atoms with Gasteiger partial charge in [0, 0.05) is 6.61 Å². The number of fused-ring (bicyclic) bond motifs is 8. The quantitative estimate of drug-likeness (QED) is 0.352. The van der Waals surface area contributed by atoms with Crippen molar-refractivity contribution >= 4 is 17.5 Å². The van der Waals surface area contributed by atoms with Crippen molar-refractivity contribution in [1.82, 2.24) is 0 Å². The van der Waals surface area contributed by atoms with Crippen molar-refractivity contribution in [3.63, 3.8) is 0 Å². The molecule has 40 heavy (non-hydrogen) atoms. The Morgan fingerprint density at radius 1 is 1.12 bits per heavy atom. The Bertz CT molecular complexity index is 1240. The molecular formula is C31H42O9. The molecule has 5 unspecified atom stereocenters. The molecule has 12 atom stereocenters. The molecule has 3 heterocycles. The number of aliphatic hydroxyl groups excluding tert-OH is 1. The maximum Gasteiger partial charge on any atom is 0.309 e. The molecule has 0 aromatic carbocycles. The van der Waals surface area contributed by atoms with Gasteiger partial charge in [0.05, 0.1) is 34.9 Å². The van der Waals surface area contributed by atoms with Crippen LogP contribution in [-0.4, -0.2) is 74.3 Å². The number of ketones is 2. The zero-order valence-electron chi connectivity index (χ0n) is 24.2. The van der Waals surface area contributed by atoms with Gasteiger partial charge in [-0.1, -0.05) is 38.5 Å². The molecule has 9 nitrogen and oxygen atoms in total. The summed E-state index contributed by atoms with van der Waals surface area (Å²) in [5.74, 6) is -7.58. The van der Waals surface area contributed by atoms with Gasteiger partial charge in [0.2, 0.25) is 5.79 Å². The van der Waals surface area contributed by atoms with E-state index in [0.717, 1.165) is 5.57 Å². The standard InChI is InChI=1S/C31H42O9/c1-7-29(36)13-12-18-22(19(32)14-17-10-9-11-20(33)27(17,18)5)30(37)24(34)23-26(4)15-21(39-25(35)16(26)3)28(6,38-8-2)31(23,29)40-30/h9,11,14,16,18-19,21-23,32,36-37H,7-8,10,12-13,15H2,1-6H3/t16-,18?,19?,21?,22?,23?,26-,27+,28+,29+,30+,31+/m1/s1. The number of hydrogen-bond acceptors (Lipinski definition) is 9. The van der Waals surface area contributed by atoms with E-state index in [0.29, 0.717) is 6.42 Å². The topological polar surface area (TPSA) is 140 Å². The second kappa shape index (κ2) is 8.34. The summed E-state index contributed by atoms with van der Waals surface area (Å²) in [6.45, 7) is 10.8. The number of esters is 1. The Morgan fingerprint density at radius 2 is 1.82 bits per heavy atom. The zero-order valence-corrected chi connectivity index (χ0v) is 24.2. The van der Waals surface area contributed by atoms with E-state index in [-0.39, 0.29) is 38.1 Å². The van der Waals surface area contributed by atoms with Crippen LogP contribution in [0.2, 0.25) is 0 Å². The highest BCUT2D eigenvalue weighted by Gasteiger charge is 2.86. The molecule has 4 fully saturated rings. The lowest BCUT2D eigenvalue weighted by Gasteiger charge is -2.67. The van der Waals surface area contributed by atoms with Gasteiger partial charge in [-0.2, -0.15) is 0 Å². The molecule has 1 spiro atoms. The summed E-state index contributed by atoms with van der Waals surface area (Å²) >= 11 is 0. The predicted octanol–water partition coefficient (Wildman–Crippen LogP) is 2.40. The van der Waals surface area contributed by atoms with Crippen LogP contribution in [0.25, 0.3) is 0 Å². The van der Waals surface area contributed by atoms with Crippen molar-refractivity contribution in [3.05, 3.63) is 23.8 Å². The molecular weight excluding hydrogens is 516 g/mol. The fourth-order valence-corrected chi connectivity index (χ4v) is 9.90. The number of Topliss-reactive ketones (excluding diaryl/α,β-unsaturated/α-hetero) is 1. The minimum Gasteiger partial charge on any atom is -0.459 e. The molecule has 6 aliphatic rings. The molecule has 0 aromatic heterocycles. The van der Waals surface area contributed by atoms with Crippen LogP contribution < -0.4 is 0 Å². The van der Waals surface area contributed by atoms with Gasteiger partial charge in [-0.15, -0.1) is 0 Å². The molecule has 3 aliphatic carbocycles. The van der Waals surface area contributed by atoms with E-state index < -0.39 is 81.1 Å². The van der Waals surface area contributed by atoms with Crippen molar-refractivity contribution in [1.29, 1.82) is 0 Å². The first-order valence-corrected chi connectivity index (χ1v) is 14.8. The van der Waals surface area contributed by atoms with Gasteiger partial charge in [0.25, 0.3) is 0 Å². The van der Waals surface area contributed by atoms with Crippen LogP contribution in [-0.2, 0) is 28.6 Å². The average Bonchev–Trinajstić information content (AvgIpc) is 3.16. The Labute approximate surface area is 234 Å². The minimum atomic E-state index is -2.55. The molecule has 4 bridgehead atoms. The fraction of sp³-hybridized carbons (Fsp3) is 0.774. The highest BCUT2D eigenvalue weighted by molar-refractivity contribution is 5.99. The minimum absolute atomic E-state index is 0.130. The first-order valence-electron chi connectivity index (χ1n) is 14.8. The highest BCUT2D eigenvalue weighted by atomic mass is 16.7. The maximum atomic E-state index is 14.9. The van der Waals surface area contributed by atoms with E-state index in [1.165, 1.54) is 6.08 Å². The summed E-state index contributed by atoms with van der Waals surface area (Å²) in [5, 5.41) is 37.0. The summed E-state index contributed by atoms with van der Waals surface area (Å²) < 4.78 is 19.1. The van der Waals surface area contributed by atoms with Crippen LogP contribution in [0.4, 0.5) is 0 Å². The molecule has 3 saturated heterocycles. The molecule has 3 N–H and O–H groups in total. The van der Waals surface area contributed by atoms with Crippen molar-refractivity contribution in [2.75, 3.05) is 6.61 Å². The fourth-order valence-electron chi connectivity index (χ4n) is 9.90. The van der Waals surface area contributed by atoms with Crippen LogP contribution in [0.3, 0.4) is 0 Å². The van der Waals surface area contributed by atoms with Gasteiger partial charge in [-0.25, -0.2) is 0 Å². The summed E-state index contributed by atoms with van der Waals surface area (Å²) in [7, 11) is 0. The second-order valence-corrected chi connectivity index (χ2v) is 13.6. The molecule has 9 heteroatoms. The molecule has 0 radical (unpaired) electrons. The summed E-state index contributed by atoms with van der Waals surface area (Å²) in [6, 6.07) is 0. The normalized spacial score (nSPS) is 54.9. The summed E-state index contributed by atoms with van der Waals surface area (Å²) in [6.07, 6.45) is 4.08. The van der Waals surface area contributed by atoms with Crippen LogP contribution in [0.1, 0.15) is 73.6 Å². The van der Waals surface area contributed by atoms with Gasteiger partial charge in [0.15, 0.2) is 11.6 Å². The van der Waals surface area contributed by atoms with E-state index in [1.54, 1.807) is 39.8 Å². The van der Waals surface area contributed by atoms with Crippen molar-refractivity contribution in [3.8, 4) is 0 Å². The Balaban J connectivity index is 1.65. The third-order valence-electron chi connectivity index (χ3n) is 12.3. The number of aliphatic hydroxyl groups is 3. The van der Waals surface area contributed by atoms with Crippen LogP contribution >= 0.6 is 0 Å². The molecule has 6 rings (SSSR count). The van der Waals surface area contributed by atoms with E-state index >= 15 is 0 Å². The monoisotopic (exact) mass is 558 g/mol. The molecule has 220 valence electrons. The lowest BCUT2D eigenvalue weighted by atomic mass is 9.45. The van der Waals surface area contributed by atoms with Crippen molar-refractivity contribution in [2.45, 2.75) is 108 Å². The Morgan fingerprint density at radius 3 is 2.48 bits per heavy atom. The number of allylic oxidation sites excluding steroid dienone is 3. The van der Waals surface area contributed by atoms with E-state index in [4.69, 9.17) is 14.2 Å². The first kappa shape index (κ1) is 28.2. The zero-order chi connectivity index (χ0) is 29.3. The van der Waals surface area contributed by atoms with E-state index in [9.17, 15) is 29.7 Å². The summed E-state index contributed by atoms with van der Waals surface area (Å²) in [4.78, 5) is 41.6.